The topological polar surface area (TPSA) is 40.6 Å². The van der Waals surface area contributed by atoms with Gasteiger partial charge in [0.25, 0.3) is 0 Å². The predicted octanol–water partition coefficient (Wildman–Crippen LogP) is 2.79. The largest absolute Gasteiger partial charge is 0.339 e. The van der Waals surface area contributed by atoms with E-state index in [1.165, 1.54) is 0 Å². The van der Waals surface area contributed by atoms with Crippen LogP contribution in [-0.2, 0) is 9.59 Å². The van der Waals surface area contributed by atoms with Gasteiger partial charge in [0.2, 0.25) is 11.8 Å². The highest BCUT2D eigenvalue weighted by atomic mass is 35.5. The molecule has 1 saturated heterocycles. The molecule has 21 heavy (non-hydrogen) atoms. The van der Waals surface area contributed by atoms with Gasteiger partial charge in [-0.05, 0) is 19.1 Å². The minimum absolute atomic E-state index is 0.00629. The van der Waals surface area contributed by atoms with Gasteiger partial charge in [-0.15, -0.1) is 0 Å². The zero-order valence-corrected chi connectivity index (χ0v) is 13.6. The van der Waals surface area contributed by atoms with E-state index in [0.717, 1.165) is 0 Å². The molecule has 1 atom stereocenters. The molecule has 2 rings (SSSR count). The number of piperazine rings is 1. The van der Waals surface area contributed by atoms with Crippen molar-refractivity contribution in [2.45, 2.75) is 19.8 Å². The van der Waals surface area contributed by atoms with Crippen LogP contribution in [0.1, 0.15) is 25.3 Å². The third-order valence-corrected chi connectivity index (χ3v) is 4.50. The average Bonchev–Trinajstić information content (AvgIpc) is 2.46. The molecule has 0 N–H and O–H groups in total. The zero-order chi connectivity index (χ0) is 15.6. The van der Waals surface area contributed by atoms with Crippen LogP contribution in [0.5, 0.6) is 0 Å². The van der Waals surface area contributed by atoms with E-state index in [9.17, 15) is 9.59 Å². The molecule has 1 fully saturated rings. The molecule has 1 heterocycles. The molecule has 114 valence electrons. The van der Waals surface area contributed by atoms with E-state index in [2.05, 4.69) is 0 Å². The second-order valence-corrected chi connectivity index (χ2v) is 6.00. The molecule has 1 aliphatic rings. The number of carbonyl (C=O) groups excluding carboxylic acids is 2. The average molecular weight is 329 g/mol. The predicted molar refractivity (Wildman–Crippen MR) is 83.7 cm³/mol. The molecule has 4 nitrogen and oxygen atoms in total. The smallest absolute Gasteiger partial charge is 0.230 e. The van der Waals surface area contributed by atoms with Crippen molar-refractivity contribution < 1.29 is 9.59 Å². The standard InChI is InChI=1S/C15H18Cl2N2O2/c1-10(14-12(16)4-3-5-13(14)17)15(21)19-8-6-18(7-9-19)11(2)20/h3-5,10H,6-9H2,1-2H3/t10-/m1/s1. The fourth-order valence-electron chi connectivity index (χ4n) is 2.56. The molecule has 0 aromatic heterocycles. The van der Waals surface area contributed by atoms with Gasteiger partial charge in [0.15, 0.2) is 0 Å². The molecule has 1 aliphatic heterocycles. The Hall–Kier alpha value is -1.26. The number of hydrogen-bond donors (Lipinski definition) is 0. The Bertz CT molecular complexity index is 534. The molecule has 1 aromatic rings. The molecule has 0 bridgehead atoms. The molecule has 0 radical (unpaired) electrons. The SMILES string of the molecule is CC(=O)N1CCN(C(=O)[C@H](C)c2c(Cl)cccc2Cl)CC1. The van der Waals surface area contributed by atoms with Gasteiger partial charge in [0, 0.05) is 48.7 Å². The Labute approximate surface area is 134 Å². The Balaban J connectivity index is 2.09. The fourth-order valence-corrected chi connectivity index (χ4v) is 3.29. The summed E-state index contributed by atoms with van der Waals surface area (Å²) in [6, 6.07) is 5.23. The van der Waals surface area contributed by atoms with Crippen molar-refractivity contribution in [3.8, 4) is 0 Å². The number of rotatable bonds is 2. The fraction of sp³-hybridized carbons (Fsp3) is 0.467. The molecule has 0 spiro atoms. The highest BCUT2D eigenvalue weighted by molar-refractivity contribution is 6.36. The van der Waals surface area contributed by atoms with Gasteiger partial charge in [-0.1, -0.05) is 29.3 Å². The minimum atomic E-state index is -0.393. The maximum atomic E-state index is 12.6. The van der Waals surface area contributed by atoms with E-state index < -0.39 is 5.92 Å². The Kier molecular flexibility index (Phi) is 5.12. The van der Waals surface area contributed by atoms with Gasteiger partial charge in [0.1, 0.15) is 0 Å². The van der Waals surface area contributed by atoms with Gasteiger partial charge in [-0.3, -0.25) is 9.59 Å². The van der Waals surface area contributed by atoms with Crippen molar-refractivity contribution >= 4 is 35.0 Å². The first-order valence-electron chi connectivity index (χ1n) is 6.90. The third-order valence-electron chi connectivity index (χ3n) is 3.84. The van der Waals surface area contributed by atoms with Crippen LogP contribution < -0.4 is 0 Å². The first kappa shape index (κ1) is 16.1. The number of carbonyl (C=O) groups is 2. The van der Waals surface area contributed by atoms with Gasteiger partial charge < -0.3 is 9.80 Å². The lowest BCUT2D eigenvalue weighted by molar-refractivity contribution is -0.139. The van der Waals surface area contributed by atoms with E-state index in [1.54, 1.807) is 34.9 Å². The third kappa shape index (κ3) is 3.50. The lowest BCUT2D eigenvalue weighted by Crippen LogP contribution is -2.51. The Morgan fingerprint density at radius 1 is 1.05 bits per heavy atom. The monoisotopic (exact) mass is 328 g/mol. The summed E-state index contributed by atoms with van der Waals surface area (Å²) in [5, 5.41) is 1.01. The number of hydrogen-bond acceptors (Lipinski definition) is 2. The second kappa shape index (κ2) is 6.67. The highest BCUT2D eigenvalue weighted by Gasteiger charge is 2.28. The van der Waals surface area contributed by atoms with Crippen molar-refractivity contribution in [1.29, 1.82) is 0 Å². The van der Waals surface area contributed by atoms with E-state index in [0.29, 0.717) is 41.8 Å². The number of halogens is 2. The summed E-state index contributed by atoms with van der Waals surface area (Å²) in [6.07, 6.45) is 0. The highest BCUT2D eigenvalue weighted by Crippen LogP contribution is 2.32. The summed E-state index contributed by atoms with van der Waals surface area (Å²) >= 11 is 12.3. The van der Waals surface area contributed by atoms with Crippen molar-refractivity contribution in [3.05, 3.63) is 33.8 Å². The quantitative estimate of drug-likeness (QED) is 0.837. The summed E-state index contributed by atoms with van der Waals surface area (Å²) in [5.41, 5.74) is 0.667. The van der Waals surface area contributed by atoms with Crippen LogP contribution in [0, 0.1) is 0 Å². The van der Waals surface area contributed by atoms with Crippen LogP contribution in [0.15, 0.2) is 18.2 Å². The molecular formula is C15H18Cl2N2O2. The van der Waals surface area contributed by atoms with Crippen LogP contribution in [0.4, 0.5) is 0 Å². The minimum Gasteiger partial charge on any atom is -0.339 e. The Morgan fingerprint density at radius 3 is 2.00 bits per heavy atom. The van der Waals surface area contributed by atoms with Crippen molar-refractivity contribution in [2.75, 3.05) is 26.2 Å². The summed E-state index contributed by atoms with van der Waals surface area (Å²) in [5.74, 6) is -0.354. The van der Waals surface area contributed by atoms with Crippen LogP contribution in [0.3, 0.4) is 0 Å². The van der Waals surface area contributed by atoms with E-state index >= 15 is 0 Å². The summed E-state index contributed by atoms with van der Waals surface area (Å²) < 4.78 is 0. The van der Waals surface area contributed by atoms with Crippen molar-refractivity contribution in [2.24, 2.45) is 0 Å². The molecule has 0 unspecified atom stereocenters. The summed E-state index contributed by atoms with van der Waals surface area (Å²) in [4.78, 5) is 27.4. The number of amides is 2. The van der Waals surface area contributed by atoms with Gasteiger partial charge >= 0.3 is 0 Å². The van der Waals surface area contributed by atoms with Gasteiger partial charge in [0.05, 0.1) is 5.92 Å². The summed E-state index contributed by atoms with van der Waals surface area (Å²) in [6.45, 7) is 5.60. The number of nitrogens with zero attached hydrogens (tertiary/aromatic N) is 2. The summed E-state index contributed by atoms with van der Waals surface area (Å²) in [7, 11) is 0. The van der Waals surface area contributed by atoms with Crippen molar-refractivity contribution in [1.82, 2.24) is 9.80 Å². The van der Waals surface area contributed by atoms with E-state index in [4.69, 9.17) is 23.2 Å². The maximum absolute atomic E-state index is 12.6. The molecule has 1 aromatic carbocycles. The molecule has 0 aliphatic carbocycles. The molecule has 2 amide bonds. The lowest BCUT2D eigenvalue weighted by atomic mass is 9.99. The number of benzene rings is 1. The second-order valence-electron chi connectivity index (χ2n) is 5.19. The Morgan fingerprint density at radius 2 is 1.52 bits per heavy atom. The first-order chi connectivity index (χ1) is 9.91. The molecular weight excluding hydrogens is 311 g/mol. The van der Waals surface area contributed by atoms with Crippen LogP contribution in [0.2, 0.25) is 10.0 Å². The molecule has 6 heteroatoms. The van der Waals surface area contributed by atoms with Gasteiger partial charge in [-0.2, -0.15) is 0 Å². The van der Waals surface area contributed by atoms with E-state index in [-0.39, 0.29) is 11.8 Å². The molecule has 0 saturated carbocycles. The van der Waals surface area contributed by atoms with Crippen LogP contribution >= 0.6 is 23.2 Å². The normalized spacial score (nSPS) is 16.8. The first-order valence-corrected chi connectivity index (χ1v) is 7.65. The van der Waals surface area contributed by atoms with Crippen LogP contribution in [0.25, 0.3) is 0 Å². The lowest BCUT2D eigenvalue weighted by Gasteiger charge is -2.35. The van der Waals surface area contributed by atoms with E-state index in [1.807, 2.05) is 6.92 Å². The van der Waals surface area contributed by atoms with Gasteiger partial charge in [-0.25, -0.2) is 0 Å². The zero-order valence-electron chi connectivity index (χ0n) is 12.1. The maximum Gasteiger partial charge on any atom is 0.230 e. The van der Waals surface area contributed by atoms with Crippen molar-refractivity contribution in [3.63, 3.8) is 0 Å². The van der Waals surface area contributed by atoms with Crippen LogP contribution in [-0.4, -0.2) is 47.8 Å².